The van der Waals surface area contributed by atoms with Gasteiger partial charge in [0.05, 0.1) is 0 Å². The standard InChI is InChI=1S/C17H30N2/c1-5-6-8-16-10-7-9-15(14(2)3)11-12-17(16)13-19-18-4/h13-16,18-19H,7-12H2,1-4H3/b17-13-. The molecular weight excluding hydrogens is 232 g/mol. The van der Waals surface area contributed by atoms with Gasteiger partial charge in [-0.3, -0.25) is 0 Å². The first-order valence-corrected chi connectivity index (χ1v) is 7.69. The molecule has 2 heteroatoms. The largest absolute Gasteiger partial charge is 0.329 e. The number of hydrogen-bond donors (Lipinski definition) is 2. The Bertz CT molecular complexity index is 333. The summed E-state index contributed by atoms with van der Waals surface area (Å²) in [6, 6.07) is 0. The average Bonchev–Trinajstić information content (AvgIpc) is 2.36. The van der Waals surface area contributed by atoms with Crippen LogP contribution in [0.25, 0.3) is 0 Å². The van der Waals surface area contributed by atoms with Crippen LogP contribution in [0.2, 0.25) is 0 Å². The molecule has 0 saturated heterocycles. The molecule has 1 aliphatic carbocycles. The Balaban J connectivity index is 2.71. The summed E-state index contributed by atoms with van der Waals surface area (Å²) in [4.78, 5) is 0. The molecule has 0 aromatic rings. The van der Waals surface area contributed by atoms with Crippen LogP contribution in [0.1, 0.15) is 59.3 Å². The smallest absolute Gasteiger partial charge is 0.0155 e. The Hall–Kier alpha value is -0.940. The highest BCUT2D eigenvalue weighted by atomic mass is 15.3. The second-order valence-electron chi connectivity index (χ2n) is 5.92. The van der Waals surface area contributed by atoms with Gasteiger partial charge in [0.2, 0.25) is 0 Å². The monoisotopic (exact) mass is 262 g/mol. The van der Waals surface area contributed by atoms with Crippen LogP contribution < -0.4 is 10.9 Å². The third-order valence-electron chi connectivity index (χ3n) is 4.33. The van der Waals surface area contributed by atoms with Crippen molar-refractivity contribution in [1.29, 1.82) is 0 Å². The molecule has 0 amide bonds. The van der Waals surface area contributed by atoms with Crippen LogP contribution in [0.5, 0.6) is 0 Å². The van der Waals surface area contributed by atoms with E-state index in [2.05, 4.69) is 42.7 Å². The molecule has 0 radical (unpaired) electrons. The van der Waals surface area contributed by atoms with Crippen LogP contribution in [-0.2, 0) is 0 Å². The van der Waals surface area contributed by atoms with Gasteiger partial charge in [-0.15, -0.1) is 11.8 Å². The van der Waals surface area contributed by atoms with Crippen LogP contribution in [0.15, 0.2) is 11.8 Å². The van der Waals surface area contributed by atoms with E-state index in [1.807, 2.05) is 14.0 Å². The molecule has 1 saturated carbocycles. The van der Waals surface area contributed by atoms with E-state index in [0.29, 0.717) is 5.92 Å². The number of rotatable bonds is 4. The zero-order valence-electron chi connectivity index (χ0n) is 13.1. The van der Waals surface area contributed by atoms with Crippen LogP contribution >= 0.6 is 0 Å². The predicted octanol–water partition coefficient (Wildman–Crippen LogP) is 3.86. The molecule has 2 N–H and O–H groups in total. The van der Waals surface area contributed by atoms with Gasteiger partial charge in [-0.1, -0.05) is 26.7 Å². The molecule has 108 valence electrons. The fraction of sp³-hybridized carbons (Fsp3) is 0.765. The van der Waals surface area contributed by atoms with Crippen molar-refractivity contribution in [3.05, 3.63) is 11.8 Å². The molecule has 19 heavy (non-hydrogen) atoms. The number of nitrogens with one attached hydrogen (secondary N) is 2. The van der Waals surface area contributed by atoms with Gasteiger partial charge in [0.25, 0.3) is 0 Å². The van der Waals surface area contributed by atoms with Crippen LogP contribution in [0.3, 0.4) is 0 Å². The lowest BCUT2D eigenvalue weighted by molar-refractivity contribution is 0.297. The minimum Gasteiger partial charge on any atom is -0.329 e. The van der Waals surface area contributed by atoms with Gasteiger partial charge >= 0.3 is 0 Å². The van der Waals surface area contributed by atoms with Crippen LogP contribution in [0.4, 0.5) is 0 Å². The maximum Gasteiger partial charge on any atom is 0.0155 e. The number of hydrazine groups is 1. The Morgan fingerprint density at radius 3 is 2.74 bits per heavy atom. The fourth-order valence-corrected chi connectivity index (χ4v) is 2.99. The third-order valence-corrected chi connectivity index (χ3v) is 4.33. The second-order valence-corrected chi connectivity index (χ2v) is 5.92. The zero-order valence-corrected chi connectivity index (χ0v) is 13.1. The number of allylic oxidation sites excluding steroid dienone is 1. The van der Waals surface area contributed by atoms with E-state index < -0.39 is 0 Å². The molecule has 0 bridgehead atoms. The SMILES string of the molecule is CC#CCC1CCCC(C(C)C)CC/C1=C/NNC. The first-order valence-electron chi connectivity index (χ1n) is 7.69. The lowest BCUT2D eigenvalue weighted by Gasteiger charge is -2.28. The summed E-state index contributed by atoms with van der Waals surface area (Å²) in [5, 5.41) is 0. The molecule has 0 aromatic carbocycles. The lowest BCUT2D eigenvalue weighted by atomic mass is 9.78. The molecule has 1 aliphatic rings. The summed E-state index contributed by atoms with van der Waals surface area (Å²) in [5.74, 6) is 8.65. The highest BCUT2D eigenvalue weighted by Gasteiger charge is 2.21. The molecule has 0 aromatic heterocycles. The normalized spacial score (nSPS) is 26.5. The quantitative estimate of drug-likeness (QED) is 0.594. The highest BCUT2D eigenvalue weighted by molar-refractivity contribution is 5.11. The number of hydrogen-bond acceptors (Lipinski definition) is 2. The first kappa shape index (κ1) is 16.1. The third kappa shape index (κ3) is 5.70. The summed E-state index contributed by atoms with van der Waals surface area (Å²) >= 11 is 0. The maximum absolute atomic E-state index is 3.27. The summed E-state index contributed by atoms with van der Waals surface area (Å²) < 4.78 is 0. The van der Waals surface area contributed by atoms with Gasteiger partial charge < -0.3 is 5.43 Å². The van der Waals surface area contributed by atoms with Gasteiger partial charge in [0.1, 0.15) is 0 Å². The van der Waals surface area contributed by atoms with Crippen molar-refractivity contribution in [2.75, 3.05) is 7.05 Å². The fourth-order valence-electron chi connectivity index (χ4n) is 2.99. The Kier molecular flexibility index (Phi) is 7.67. The van der Waals surface area contributed by atoms with E-state index in [1.54, 1.807) is 5.57 Å². The van der Waals surface area contributed by atoms with Gasteiger partial charge in [0, 0.05) is 19.7 Å². The van der Waals surface area contributed by atoms with Gasteiger partial charge in [0.15, 0.2) is 0 Å². The maximum atomic E-state index is 3.27. The highest BCUT2D eigenvalue weighted by Crippen LogP contribution is 2.34. The van der Waals surface area contributed by atoms with E-state index in [-0.39, 0.29) is 0 Å². The summed E-state index contributed by atoms with van der Waals surface area (Å²) in [6.07, 6.45) is 9.74. The molecule has 2 unspecified atom stereocenters. The molecular formula is C17H30N2. The first-order chi connectivity index (χ1) is 9.19. The van der Waals surface area contributed by atoms with Crippen molar-refractivity contribution in [1.82, 2.24) is 10.9 Å². The van der Waals surface area contributed by atoms with Crippen molar-refractivity contribution in [3.8, 4) is 11.8 Å². The lowest BCUT2D eigenvalue weighted by Crippen LogP contribution is -2.24. The van der Waals surface area contributed by atoms with E-state index in [1.165, 1.54) is 32.1 Å². The van der Waals surface area contributed by atoms with Gasteiger partial charge in [-0.2, -0.15) is 0 Å². The summed E-state index contributed by atoms with van der Waals surface area (Å²) in [5.41, 5.74) is 7.70. The van der Waals surface area contributed by atoms with Crippen molar-refractivity contribution >= 4 is 0 Å². The molecule has 0 spiro atoms. The molecule has 0 heterocycles. The molecule has 0 aliphatic heterocycles. The Morgan fingerprint density at radius 1 is 1.32 bits per heavy atom. The summed E-state index contributed by atoms with van der Waals surface area (Å²) in [7, 11) is 1.91. The van der Waals surface area contributed by atoms with E-state index in [9.17, 15) is 0 Å². The predicted molar refractivity (Wildman–Crippen MR) is 83.2 cm³/mol. The zero-order chi connectivity index (χ0) is 14.1. The second kappa shape index (κ2) is 9.04. The molecule has 1 rings (SSSR count). The van der Waals surface area contributed by atoms with Crippen LogP contribution in [-0.4, -0.2) is 7.05 Å². The molecule has 2 atom stereocenters. The van der Waals surface area contributed by atoms with Crippen molar-refractivity contribution in [2.45, 2.75) is 59.3 Å². The average molecular weight is 262 g/mol. The molecule has 1 fully saturated rings. The minimum absolute atomic E-state index is 0.640. The van der Waals surface area contributed by atoms with E-state index in [4.69, 9.17) is 0 Å². The van der Waals surface area contributed by atoms with E-state index >= 15 is 0 Å². The van der Waals surface area contributed by atoms with Gasteiger partial charge in [-0.05, 0) is 49.5 Å². The minimum atomic E-state index is 0.640. The topological polar surface area (TPSA) is 24.1 Å². The summed E-state index contributed by atoms with van der Waals surface area (Å²) in [6.45, 7) is 6.66. The van der Waals surface area contributed by atoms with Crippen molar-refractivity contribution in [2.24, 2.45) is 17.8 Å². The Morgan fingerprint density at radius 2 is 2.11 bits per heavy atom. The van der Waals surface area contributed by atoms with Gasteiger partial charge in [-0.25, -0.2) is 5.43 Å². The van der Waals surface area contributed by atoms with E-state index in [0.717, 1.165) is 18.3 Å². The van der Waals surface area contributed by atoms with Crippen molar-refractivity contribution < 1.29 is 0 Å². The van der Waals surface area contributed by atoms with Crippen LogP contribution in [0, 0.1) is 29.6 Å². The Labute approximate surface area is 119 Å². The van der Waals surface area contributed by atoms with Crippen molar-refractivity contribution in [3.63, 3.8) is 0 Å². The molecule has 2 nitrogen and oxygen atoms in total.